The molecule has 0 aromatic carbocycles. The summed E-state index contributed by atoms with van der Waals surface area (Å²) in [5.41, 5.74) is 4.18. The van der Waals surface area contributed by atoms with Crippen LogP contribution in [0.3, 0.4) is 0 Å². The van der Waals surface area contributed by atoms with E-state index in [-0.39, 0.29) is 20.8 Å². The standard InChI is InChI=1S/C19H20N6O9S2/c1-4-10-15(18(29)25(10)36(31,32)33)22-17(28)14(9-7-35-19(20)21-9)23-34-16(8(2)3)11-5-12(26)13(27)6-24(11)30/h1,5-8,10,15-16,27,30H,2-3H3,(H2,20,21)(H,22,28)(H,31,32,33)/b23-14-/t10?,15-,16?/m0/s1. The van der Waals surface area contributed by atoms with Crippen LogP contribution in [0, 0.1) is 18.3 Å². The van der Waals surface area contributed by atoms with E-state index in [0.29, 0.717) is 4.73 Å². The molecular weight excluding hydrogens is 520 g/mol. The Kier molecular flexibility index (Phi) is 7.24. The van der Waals surface area contributed by atoms with Crippen LogP contribution in [0.25, 0.3) is 0 Å². The first-order valence-electron chi connectivity index (χ1n) is 9.94. The number of terminal acetylenes is 1. The summed E-state index contributed by atoms with van der Waals surface area (Å²) >= 11 is 0.958. The van der Waals surface area contributed by atoms with Gasteiger partial charge in [-0.2, -0.15) is 17.5 Å². The lowest BCUT2D eigenvalue weighted by Crippen LogP contribution is -2.71. The van der Waals surface area contributed by atoms with Gasteiger partial charge in [0.2, 0.25) is 5.43 Å². The summed E-state index contributed by atoms with van der Waals surface area (Å²) in [7, 11) is -4.95. The Balaban J connectivity index is 1.94. The Labute approximate surface area is 207 Å². The molecule has 1 aliphatic heterocycles. The molecule has 2 unspecified atom stereocenters. The predicted octanol–water partition coefficient (Wildman–Crippen LogP) is -0.920. The maximum absolute atomic E-state index is 13.0. The van der Waals surface area contributed by atoms with Gasteiger partial charge in [0.05, 0.1) is 6.20 Å². The van der Waals surface area contributed by atoms with Crippen LogP contribution in [0.1, 0.15) is 31.3 Å². The van der Waals surface area contributed by atoms with Crippen LogP contribution in [-0.4, -0.2) is 66.9 Å². The Morgan fingerprint density at radius 3 is 2.61 bits per heavy atom. The monoisotopic (exact) mass is 540 g/mol. The van der Waals surface area contributed by atoms with Crippen molar-refractivity contribution in [2.75, 3.05) is 5.73 Å². The number of thiazole rings is 1. The van der Waals surface area contributed by atoms with Gasteiger partial charge in [-0.15, -0.1) is 17.8 Å². The summed E-state index contributed by atoms with van der Waals surface area (Å²) in [6, 6.07) is -2.08. The van der Waals surface area contributed by atoms with Crippen molar-refractivity contribution in [1.29, 1.82) is 0 Å². The Bertz CT molecular complexity index is 1440. The van der Waals surface area contributed by atoms with Crippen LogP contribution < -0.4 is 16.5 Å². The van der Waals surface area contributed by atoms with Crippen LogP contribution >= 0.6 is 11.3 Å². The van der Waals surface area contributed by atoms with Crippen molar-refractivity contribution in [2.24, 2.45) is 11.1 Å². The number of rotatable bonds is 8. The summed E-state index contributed by atoms with van der Waals surface area (Å²) in [5.74, 6) is -1.38. The first-order valence-corrected chi connectivity index (χ1v) is 12.2. The van der Waals surface area contributed by atoms with Crippen molar-refractivity contribution in [1.82, 2.24) is 19.3 Å². The third-order valence-corrected chi connectivity index (χ3v) is 6.51. The molecule has 2 aromatic rings. The summed E-state index contributed by atoms with van der Waals surface area (Å²) in [6.07, 6.45) is 4.90. The number of anilines is 1. The SMILES string of the molecule is C#CC1[C@H](NC(=O)/C(=N\OC(c2cc(=O)c(O)cn2O)C(C)C)c2csc(N)n2)C(=O)N1S(=O)(=O)O. The van der Waals surface area contributed by atoms with Crippen molar-refractivity contribution in [3.05, 3.63) is 39.3 Å². The normalized spacial score (nSPS) is 18.9. The van der Waals surface area contributed by atoms with E-state index in [4.69, 9.17) is 21.5 Å². The zero-order valence-corrected chi connectivity index (χ0v) is 20.2. The summed E-state index contributed by atoms with van der Waals surface area (Å²) in [6.45, 7) is 3.32. The van der Waals surface area contributed by atoms with Gasteiger partial charge < -0.3 is 26.2 Å². The number of hydrogen-bond donors (Lipinski definition) is 5. The number of amides is 2. The molecule has 2 aromatic heterocycles. The highest BCUT2D eigenvalue weighted by atomic mass is 32.2. The molecule has 3 atom stereocenters. The molecule has 192 valence electrons. The van der Waals surface area contributed by atoms with Gasteiger partial charge in [-0.05, 0) is 5.92 Å². The minimum atomic E-state index is -4.95. The van der Waals surface area contributed by atoms with E-state index >= 15 is 0 Å². The lowest BCUT2D eigenvalue weighted by atomic mass is 9.99. The molecule has 0 radical (unpaired) electrons. The Morgan fingerprint density at radius 1 is 1.42 bits per heavy atom. The van der Waals surface area contributed by atoms with E-state index in [1.807, 2.05) is 5.92 Å². The lowest BCUT2D eigenvalue weighted by molar-refractivity contribution is -0.142. The smallest absolute Gasteiger partial charge is 0.363 e. The fourth-order valence-electron chi connectivity index (χ4n) is 3.20. The Hall–Kier alpha value is -4.14. The molecule has 36 heavy (non-hydrogen) atoms. The molecule has 1 fully saturated rings. The maximum Gasteiger partial charge on any atom is 0.363 e. The van der Waals surface area contributed by atoms with Gasteiger partial charge in [0.15, 0.2) is 22.7 Å². The van der Waals surface area contributed by atoms with Gasteiger partial charge in [0.1, 0.15) is 23.5 Å². The summed E-state index contributed by atoms with van der Waals surface area (Å²) in [5, 5.41) is 27.1. The van der Waals surface area contributed by atoms with E-state index in [1.54, 1.807) is 13.8 Å². The third-order valence-electron chi connectivity index (χ3n) is 4.93. The number of nitrogens with two attached hydrogens (primary N) is 1. The molecule has 0 spiro atoms. The fourth-order valence-corrected chi connectivity index (χ4v) is 4.56. The molecule has 0 aliphatic carbocycles. The maximum atomic E-state index is 13.0. The molecule has 1 saturated heterocycles. The fraction of sp³-hybridized carbons (Fsp3) is 0.316. The van der Waals surface area contributed by atoms with Crippen LogP contribution in [0.15, 0.2) is 27.6 Å². The van der Waals surface area contributed by atoms with Gasteiger partial charge in [-0.1, -0.05) is 24.9 Å². The minimum absolute atomic E-state index is 0.0339. The van der Waals surface area contributed by atoms with Gasteiger partial charge in [0.25, 0.3) is 11.8 Å². The molecule has 6 N–H and O–H groups in total. The molecule has 3 rings (SSSR count). The average Bonchev–Trinajstić information content (AvgIpc) is 3.20. The number of pyridine rings is 1. The zero-order chi connectivity index (χ0) is 26.9. The highest BCUT2D eigenvalue weighted by Crippen LogP contribution is 2.27. The van der Waals surface area contributed by atoms with E-state index < -0.39 is 63.1 Å². The van der Waals surface area contributed by atoms with Crippen molar-refractivity contribution in [3.8, 4) is 18.1 Å². The molecule has 0 saturated carbocycles. The van der Waals surface area contributed by atoms with Crippen LogP contribution in [0.4, 0.5) is 5.13 Å². The van der Waals surface area contributed by atoms with E-state index in [0.717, 1.165) is 23.6 Å². The number of nitrogens with one attached hydrogen (secondary N) is 1. The predicted molar refractivity (Wildman–Crippen MR) is 124 cm³/mol. The molecule has 2 amide bonds. The molecule has 15 nitrogen and oxygen atoms in total. The zero-order valence-electron chi connectivity index (χ0n) is 18.6. The first-order chi connectivity index (χ1) is 16.8. The van der Waals surface area contributed by atoms with Gasteiger partial charge in [-0.25, -0.2) is 4.98 Å². The average molecular weight is 541 g/mol. The number of nitrogens with zero attached hydrogens (tertiary/aromatic N) is 4. The molecule has 3 heterocycles. The molecule has 1 aliphatic rings. The van der Waals surface area contributed by atoms with Crippen molar-refractivity contribution >= 4 is 44.3 Å². The second-order valence-electron chi connectivity index (χ2n) is 7.75. The Morgan fingerprint density at radius 2 is 2.08 bits per heavy atom. The number of oxime groups is 1. The second kappa shape index (κ2) is 9.85. The topological polar surface area (TPSA) is 227 Å². The quantitative estimate of drug-likeness (QED) is 0.0687. The van der Waals surface area contributed by atoms with E-state index in [2.05, 4.69) is 15.5 Å². The van der Waals surface area contributed by atoms with E-state index in [1.165, 1.54) is 5.38 Å². The van der Waals surface area contributed by atoms with Gasteiger partial charge in [-0.3, -0.25) is 18.9 Å². The minimum Gasteiger partial charge on any atom is -0.503 e. The summed E-state index contributed by atoms with van der Waals surface area (Å²) < 4.78 is 32.4. The number of carbonyl (C=O) groups excluding carboxylic acids is 2. The van der Waals surface area contributed by atoms with Crippen LogP contribution in [0.5, 0.6) is 5.75 Å². The molecule has 17 heteroatoms. The first kappa shape index (κ1) is 26.5. The molecular formula is C19H20N6O9S2. The highest BCUT2D eigenvalue weighted by Gasteiger charge is 2.53. The van der Waals surface area contributed by atoms with Crippen molar-refractivity contribution in [2.45, 2.75) is 32.0 Å². The lowest BCUT2D eigenvalue weighted by Gasteiger charge is -2.41. The van der Waals surface area contributed by atoms with Crippen molar-refractivity contribution < 1.29 is 37.7 Å². The van der Waals surface area contributed by atoms with Crippen molar-refractivity contribution in [3.63, 3.8) is 0 Å². The number of carbonyl (C=O) groups is 2. The van der Waals surface area contributed by atoms with Crippen LogP contribution in [0.2, 0.25) is 0 Å². The number of aromatic hydroxyl groups is 1. The number of nitrogen functional groups attached to an aromatic ring is 1. The van der Waals surface area contributed by atoms with E-state index in [9.17, 15) is 33.1 Å². The third kappa shape index (κ3) is 5.10. The number of aromatic nitrogens is 2. The molecule has 0 bridgehead atoms. The van der Waals surface area contributed by atoms with Crippen LogP contribution in [-0.2, 0) is 24.7 Å². The number of hydrogen-bond acceptors (Lipinski definition) is 12. The van der Waals surface area contributed by atoms with Gasteiger partial charge in [0, 0.05) is 11.4 Å². The second-order valence-corrected chi connectivity index (χ2v) is 9.93. The summed E-state index contributed by atoms with van der Waals surface area (Å²) in [4.78, 5) is 46.5. The van der Waals surface area contributed by atoms with Gasteiger partial charge >= 0.3 is 10.3 Å². The number of β-lactam (4-membered cyclic amide) rings is 1. The highest BCUT2D eigenvalue weighted by molar-refractivity contribution is 7.84. The largest absolute Gasteiger partial charge is 0.503 e.